The topological polar surface area (TPSA) is 141 Å². The van der Waals surface area contributed by atoms with E-state index in [1.54, 1.807) is 24.5 Å². The molecule has 0 saturated carbocycles. The minimum Gasteiger partial charge on any atom is -0.494 e. The summed E-state index contributed by atoms with van der Waals surface area (Å²) in [7, 11) is -4.07. The zero-order chi connectivity index (χ0) is 33.6. The van der Waals surface area contributed by atoms with Crippen molar-refractivity contribution < 1.29 is 22.1 Å². The number of ether oxygens (including phenoxy) is 1. The summed E-state index contributed by atoms with van der Waals surface area (Å²) in [6.07, 6.45) is 6.14. The molecule has 12 nitrogen and oxygen atoms in total. The van der Waals surface area contributed by atoms with E-state index in [1.165, 1.54) is 10.6 Å². The average molecular weight is 668 g/mol. The second-order valence-electron chi connectivity index (χ2n) is 13.0. The molecule has 9 bridgehead atoms. The number of hydrogen-bond acceptors (Lipinski definition) is 9. The van der Waals surface area contributed by atoms with E-state index in [1.807, 2.05) is 62.7 Å². The van der Waals surface area contributed by atoms with Crippen LogP contribution in [0, 0.1) is 19.3 Å². The number of aryl methyl sites for hydroxylation is 3. The molecule has 48 heavy (non-hydrogen) atoms. The maximum atomic E-state index is 14.1. The number of fused-ring (bicyclic) bond motifs is 5. The highest BCUT2D eigenvalue weighted by atomic mass is 32.2. The van der Waals surface area contributed by atoms with Crippen LogP contribution >= 0.6 is 0 Å². The molecular weight excluding hydrogens is 630 g/mol. The highest BCUT2D eigenvalue weighted by Gasteiger charge is 2.41. The molecule has 3 aromatic carbocycles. The first kappa shape index (κ1) is 31.7. The fourth-order valence-electron chi connectivity index (χ4n) is 6.64. The normalized spacial score (nSPS) is 19.1. The van der Waals surface area contributed by atoms with Gasteiger partial charge in [0, 0.05) is 31.1 Å². The van der Waals surface area contributed by atoms with Gasteiger partial charge < -0.3 is 14.2 Å². The predicted octanol–water partition coefficient (Wildman–Crippen LogP) is 5.45. The number of carbonyl (C=O) groups is 1. The van der Waals surface area contributed by atoms with Crippen LogP contribution in [0.25, 0.3) is 11.0 Å². The summed E-state index contributed by atoms with van der Waals surface area (Å²) < 4.78 is 41.6. The molecule has 3 aliphatic heterocycles. The molecule has 1 N–H and O–H groups in total. The molecule has 1 amide bonds. The standard InChI is InChI=1S/C35H37N7O5S/c1-22-7-8-24-15-25(22)19-41-20-26-16-28(9-12-31(26)47-48(41,44)45)46-14-6-5-13-42-30-11-10-29(23(2)33(30)39-40-42)32(24)35(3,4)34(43)38-27-17-36-21-37-18-27/h7-12,15-18,21,32H,5-6,13-14,19-20H2,1-4H3,(H,38,43). The Morgan fingerprint density at radius 1 is 0.979 bits per heavy atom. The Labute approximate surface area is 279 Å². The molecule has 2 atom stereocenters. The summed E-state index contributed by atoms with van der Waals surface area (Å²) >= 11 is 0. The van der Waals surface area contributed by atoms with Gasteiger partial charge in [-0.3, -0.25) is 4.79 Å². The third-order valence-corrected chi connectivity index (χ3v) is 10.7. The lowest BCUT2D eigenvalue weighted by Gasteiger charge is -2.35. The summed E-state index contributed by atoms with van der Waals surface area (Å²) in [4.78, 5) is 22.2. The summed E-state index contributed by atoms with van der Waals surface area (Å²) in [5.41, 5.74) is 6.33. The molecule has 0 spiro atoms. The SMILES string of the molecule is Cc1ccc2cc1CN1Cc3cc(ccc3OS1(=O)=O)OCCCCn1nnc3c(C)c(ccc31)C2C(C)(C)C(=O)Nc1cncnc1. The number of rotatable bonds is 3. The van der Waals surface area contributed by atoms with Crippen molar-refractivity contribution in [1.29, 1.82) is 0 Å². The summed E-state index contributed by atoms with van der Waals surface area (Å²) in [5, 5.41) is 12.1. The van der Waals surface area contributed by atoms with Gasteiger partial charge >= 0.3 is 10.3 Å². The molecular formula is C35H37N7O5S. The second-order valence-corrected chi connectivity index (χ2v) is 14.6. The smallest absolute Gasteiger partial charge is 0.385 e. The Hall–Kier alpha value is -4.88. The van der Waals surface area contributed by atoms with Gasteiger partial charge in [-0.05, 0) is 78.8 Å². The molecule has 0 radical (unpaired) electrons. The van der Waals surface area contributed by atoms with Gasteiger partial charge in [0.05, 0.1) is 35.6 Å². The minimum atomic E-state index is -4.07. The van der Waals surface area contributed by atoms with Crippen molar-refractivity contribution in [2.45, 2.75) is 66.1 Å². The van der Waals surface area contributed by atoms with Crippen LogP contribution in [0.15, 0.2) is 67.3 Å². The van der Waals surface area contributed by atoms with Gasteiger partial charge in [-0.2, -0.15) is 12.7 Å². The van der Waals surface area contributed by atoms with E-state index in [0.29, 0.717) is 30.3 Å². The lowest BCUT2D eigenvalue weighted by atomic mass is 9.69. The Bertz CT molecular complexity index is 2130. The molecule has 3 aliphatic rings. The van der Waals surface area contributed by atoms with E-state index in [-0.39, 0.29) is 19.0 Å². The largest absolute Gasteiger partial charge is 0.494 e. The number of nitrogens with zero attached hydrogens (tertiary/aromatic N) is 6. The van der Waals surface area contributed by atoms with Crippen molar-refractivity contribution in [2.24, 2.45) is 5.41 Å². The van der Waals surface area contributed by atoms with Gasteiger partial charge in [0.1, 0.15) is 23.3 Å². The molecule has 5 heterocycles. The number of hydrogen-bond donors (Lipinski definition) is 1. The molecule has 8 rings (SSSR count). The zero-order valence-corrected chi connectivity index (χ0v) is 28.1. The van der Waals surface area contributed by atoms with Crippen LogP contribution in [0.3, 0.4) is 0 Å². The highest BCUT2D eigenvalue weighted by molar-refractivity contribution is 7.84. The average Bonchev–Trinajstić information content (AvgIpc) is 3.47. The maximum absolute atomic E-state index is 14.1. The van der Waals surface area contributed by atoms with E-state index in [4.69, 9.17) is 8.92 Å². The fourth-order valence-corrected chi connectivity index (χ4v) is 7.73. The Balaban J connectivity index is 1.37. The van der Waals surface area contributed by atoms with E-state index >= 15 is 0 Å². The maximum Gasteiger partial charge on any atom is 0.385 e. The Morgan fingerprint density at radius 3 is 2.58 bits per heavy atom. The van der Waals surface area contributed by atoms with Gasteiger partial charge in [-0.15, -0.1) is 5.10 Å². The Kier molecular flexibility index (Phi) is 8.12. The number of anilines is 1. The van der Waals surface area contributed by atoms with Gasteiger partial charge in [0.25, 0.3) is 0 Å². The van der Waals surface area contributed by atoms with Crippen molar-refractivity contribution in [3.8, 4) is 11.5 Å². The van der Waals surface area contributed by atoms with Crippen LogP contribution in [-0.2, 0) is 34.7 Å². The first-order chi connectivity index (χ1) is 23.0. The number of benzene rings is 3. The molecule has 2 aromatic heterocycles. The van der Waals surface area contributed by atoms with Crippen LogP contribution < -0.4 is 14.2 Å². The van der Waals surface area contributed by atoms with Gasteiger partial charge in [0.2, 0.25) is 5.91 Å². The molecule has 13 heteroatoms. The molecule has 0 fully saturated rings. The quantitative estimate of drug-likeness (QED) is 0.266. The first-order valence-corrected chi connectivity index (χ1v) is 17.3. The van der Waals surface area contributed by atoms with Crippen molar-refractivity contribution in [1.82, 2.24) is 29.3 Å². The van der Waals surface area contributed by atoms with Gasteiger partial charge in [-0.1, -0.05) is 43.3 Å². The number of amides is 1. The fraction of sp³-hybridized carbons (Fsp3) is 0.343. The van der Waals surface area contributed by atoms with Crippen molar-refractivity contribution in [3.63, 3.8) is 0 Å². The number of carbonyl (C=O) groups excluding carboxylic acids is 1. The highest BCUT2D eigenvalue weighted by Crippen LogP contribution is 2.45. The van der Waals surface area contributed by atoms with Gasteiger partial charge in [0.15, 0.2) is 0 Å². The van der Waals surface area contributed by atoms with Crippen LogP contribution in [0.5, 0.6) is 11.5 Å². The third-order valence-electron chi connectivity index (χ3n) is 9.39. The molecule has 0 aliphatic carbocycles. The number of aromatic nitrogens is 5. The van der Waals surface area contributed by atoms with Crippen LogP contribution in [0.1, 0.15) is 66.0 Å². The molecule has 0 saturated heterocycles. The molecule has 2 unspecified atom stereocenters. The van der Waals surface area contributed by atoms with E-state index < -0.39 is 21.6 Å². The summed E-state index contributed by atoms with van der Waals surface area (Å²) in [5.74, 6) is 0.292. The van der Waals surface area contributed by atoms with Crippen LogP contribution in [0.4, 0.5) is 5.69 Å². The number of nitrogens with one attached hydrogen (secondary N) is 1. The molecule has 5 aromatic rings. The second kappa shape index (κ2) is 12.3. The van der Waals surface area contributed by atoms with E-state index in [2.05, 4.69) is 31.7 Å². The lowest BCUT2D eigenvalue weighted by Crippen LogP contribution is -2.38. The van der Waals surface area contributed by atoms with Crippen molar-refractivity contribution in [2.75, 3.05) is 11.9 Å². The zero-order valence-electron chi connectivity index (χ0n) is 27.3. The third kappa shape index (κ3) is 5.88. The lowest BCUT2D eigenvalue weighted by molar-refractivity contribution is -0.124. The minimum absolute atomic E-state index is 0.0829. The van der Waals surface area contributed by atoms with Crippen molar-refractivity contribution in [3.05, 3.63) is 101 Å². The first-order valence-electron chi connectivity index (χ1n) is 15.9. The molecule has 248 valence electrons. The van der Waals surface area contributed by atoms with Gasteiger partial charge in [-0.25, -0.2) is 14.6 Å². The monoisotopic (exact) mass is 667 g/mol. The Morgan fingerprint density at radius 2 is 1.77 bits per heavy atom. The summed E-state index contributed by atoms with van der Waals surface area (Å²) in [6, 6.07) is 15.3. The summed E-state index contributed by atoms with van der Waals surface area (Å²) in [6.45, 7) is 9.17. The van der Waals surface area contributed by atoms with E-state index in [9.17, 15) is 13.2 Å². The van der Waals surface area contributed by atoms with E-state index in [0.717, 1.165) is 57.3 Å². The van der Waals surface area contributed by atoms with Crippen molar-refractivity contribution >= 4 is 32.9 Å². The van der Waals surface area contributed by atoms with Crippen LogP contribution in [0.2, 0.25) is 0 Å². The predicted molar refractivity (Wildman–Crippen MR) is 180 cm³/mol. The van der Waals surface area contributed by atoms with Crippen LogP contribution in [-0.4, -0.2) is 50.2 Å².